The Morgan fingerprint density at radius 3 is 1.20 bits per heavy atom. The van der Waals surface area contributed by atoms with Crippen molar-refractivity contribution in [2.24, 2.45) is 0 Å². The van der Waals surface area contributed by atoms with Crippen molar-refractivity contribution in [3.63, 3.8) is 0 Å². The molecule has 14 nitrogen and oxygen atoms in total. The van der Waals surface area contributed by atoms with Crippen LogP contribution in [-0.2, 0) is 33.2 Å². The highest BCUT2D eigenvalue weighted by atomic mass is 16.7. The third-order valence-electron chi connectivity index (χ3n) is 14.3. The van der Waals surface area contributed by atoms with Gasteiger partial charge in [-0.05, 0) is 96.3 Å². The summed E-state index contributed by atoms with van der Waals surface area (Å²) in [6.07, 6.45) is 55.7. The zero-order valence-corrected chi connectivity index (χ0v) is 50.0. The second-order valence-corrected chi connectivity index (χ2v) is 21.5. The van der Waals surface area contributed by atoms with Crippen molar-refractivity contribution in [1.29, 1.82) is 0 Å². The molecule has 2 aliphatic rings. The number of carbonyl (C=O) groups excluding carboxylic acids is 1. The van der Waals surface area contributed by atoms with Crippen LogP contribution in [-0.4, -0.2) is 142 Å². The molecule has 0 aromatic heterocycles. The van der Waals surface area contributed by atoms with Gasteiger partial charge in [0, 0.05) is 13.0 Å². The summed E-state index contributed by atoms with van der Waals surface area (Å²) in [4.78, 5) is 13.1. The van der Waals surface area contributed by atoms with Crippen LogP contribution in [0.4, 0.5) is 0 Å². The second kappa shape index (κ2) is 52.2. The first kappa shape index (κ1) is 73.8. The second-order valence-electron chi connectivity index (χ2n) is 21.5. The molecule has 2 rings (SSSR count). The zero-order valence-electron chi connectivity index (χ0n) is 50.0. The van der Waals surface area contributed by atoms with E-state index >= 15 is 0 Å². The lowest BCUT2D eigenvalue weighted by atomic mass is 9.98. The molecule has 2 saturated heterocycles. The van der Waals surface area contributed by atoms with Crippen LogP contribution in [0.2, 0.25) is 0 Å². The van der Waals surface area contributed by atoms with Gasteiger partial charge in [-0.3, -0.25) is 4.79 Å². The fourth-order valence-electron chi connectivity index (χ4n) is 9.30. The maximum atomic E-state index is 13.1. The summed E-state index contributed by atoms with van der Waals surface area (Å²) in [5.41, 5.74) is 0. The number of allylic oxidation sites excluding steroid dienone is 18. The Morgan fingerprint density at radius 2 is 0.765 bits per heavy atom. The molecule has 14 heteroatoms. The Morgan fingerprint density at radius 1 is 0.407 bits per heavy atom. The standard InChI is InChI=1S/C67H112O14/c1-3-5-7-9-11-13-15-17-19-21-23-25-27-29-31-33-35-37-39-41-43-45-47-49-51-76-53-56(54-77-66-65(75)63(73)61(71)58(81-66)55-78-67-64(74)62(72)60(70)57(52-68)80-67)79-59(69)50-48-46-44-42-40-38-36-34-32-30-28-26-24-22-20-18-16-14-12-10-8-6-4-2/h5-8,11-14,17-20,23-26,29,31,56-58,60-68,70-75H,3-4,9-10,15-16,21-22,27-28,30,32-55H2,1-2H3/b7-5-,8-6-,13-11-,14-12-,19-17-,20-18-,25-23-,26-24-,31-29-. The van der Waals surface area contributed by atoms with E-state index < -0.39 is 80.7 Å². The lowest BCUT2D eigenvalue weighted by molar-refractivity contribution is -0.332. The Balaban J connectivity index is 1.69. The lowest BCUT2D eigenvalue weighted by Gasteiger charge is -2.42. The highest BCUT2D eigenvalue weighted by Gasteiger charge is 2.47. The van der Waals surface area contributed by atoms with Crippen molar-refractivity contribution >= 4 is 5.97 Å². The number of aliphatic hydroxyl groups is 7. The Labute approximate surface area is 489 Å². The lowest BCUT2D eigenvalue weighted by Crippen LogP contribution is -2.61. The Bertz CT molecular complexity index is 1750. The van der Waals surface area contributed by atoms with Gasteiger partial charge in [0.25, 0.3) is 0 Å². The molecular weight excluding hydrogens is 1030 g/mol. The monoisotopic (exact) mass is 1140 g/mol. The summed E-state index contributed by atoms with van der Waals surface area (Å²) >= 11 is 0. The van der Waals surface area contributed by atoms with E-state index in [2.05, 4.69) is 123 Å². The number of carbonyl (C=O) groups is 1. The van der Waals surface area contributed by atoms with Gasteiger partial charge in [-0.2, -0.15) is 0 Å². The number of hydrogen-bond acceptors (Lipinski definition) is 14. The summed E-state index contributed by atoms with van der Waals surface area (Å²) in [6, 6.07) is 0. The van der Waals surface area contributed by atoms with E-state index in [1.54, 1.807) is 0 Å². The minimum atomic E-state index is -1.72. The molecule has 2 aliphatic heterocycles. The van der Waals surface area contributed by atoms with Gasteiger partial charge in [-0.25, -0.2) is 0 Å². The van der Waals surface area contributed by atoms with Gasteiger partial charge in [-0.1, -0.05) is 213 Å². The molecule has 0 amide bonds. The molecule has 2 heterocycles. The summed E-state index contributed by atoms with van der Waals surface area (Å²) in [5.74, 6) is -0.387. The fourth-order valence-corrected chi connectivity index (χ4v) is 9.30. The highest BCUT2D eigenvalue weighted by Crippen LogP contribution is 2.27. The number of unbranched alkanes of at least 4 members (excludes halogenated alkanes) is 18. The largest absolute Gasteiger partial charge is 0.457 e. The Hall–Kier alpha value is -3.35. The minimum absolute atomic E-state index is 0.0473. The van der Waals surface area contributed by atoms with Gasteiger partial charge in [0.05, 0.1) is 26.4 Å². The number of hydrogen-bond donors (Lipinski definition) is 7. The van der Waals surface area contributed by atoms with Crippen molar-refractivity contribution in [3.05, 3.63) is 109 Å². The maximum Gasteiger partial charge on any atom is 0.306 e. The van der Waals surface area contributed by atoms with Crippen LogP contribution in [0, 0.1) is 0 Å². The molecule has 11 atom stereocenters. The third-order valence-corrected chi connectivity index (χ3v) is 14.3. The minimum Gasteiger partial charge on any atom is -0.457 e. The van der Waals surface area contributed by atoms with Crippen molar-refractivity contribution in [3.8, 4) is 0 Å². The van der Waals surface area contributed by atoms with Crippen molar-refractivity contribution < 1.29 is 69.0 Å². The van der Waals surface area contributed by atoms with Gasteiger partial charge in [0.1, 0.15) is 54.9 Å². The fraction of sp³-hybridized carbons (Fsp3) is 0.716. The molecule has 11 unspecified atom stereocenters. The molecule has 0 aromatic carbocycles. The molecule has 0 aromatic rings. The molecule has 0 aliphatic carbocycles. The van der Waals surface area contributed by atoms with Gasteiger partial charge in [-0.15, -0.1) is 0 Å². The predicted octanol–water partition coefficient (Wildman–Crippen LogP) is 12.3. The van der Waals surface area contributed by atoms with Crippen LogP contribution in [0.3, 0.4) is 0 Å². The van der Waals surface area contributed by atoms with Gasteiger partial charge < -0.3 is 64.2 Å². The van der Waals surface area contributed by atoms with Crippen LogP contribution in [0.25, 0.3) is 0 Å². The van der Waals surface area contributed by atoms with Gasteiger partial charge in [0.15, 0.2) is 12.6 Å². The van der Waals surface area contributed by atoms with E-state index in [1.165, 1.54) is 70.6 Å². The molecule has 7 N–H and O–H groups in total. The first-order valence-electron chi connectivity index (χ1n) is 31.5. The molecule has 81 heavy (non-hydrogen) atoms. The summed E-state index contributed by atoms with van der Waals surface area (Å²) in [7, 11) is 0. The van der Waals surface area contributed by atoms with Gasteiger partial charge >= 0.3 is 5.97 Å². The smallest absolute Gasteiger partial charge is 0.306 e. The van der Waals surface area contributed by atoms with Crippen LogP contribution in [0.1, 0.15) is 206 Å². The molecule has 0 spiro atoms. The topological polar surface area (TPSA) is 214 Å². The van der Waals surface area contributed by atoms with E-state index in [4.69, 9.17) is 28.4 Å². The number of esters is 1. The summed E-state index contributed by atoms with van der Waals surface area (Å²) in [6.45, 7) is 3.44. The average Bonchev–Trinajstić information content (AvgIpc) is 3.46. The number of aliphatic hydroxyl groups excluding tert-OH is 7. The van der Waals surface area contributed by atoms with E-state index in [0.717, 1.165) is 109 Å². The third kappa shape index (κ3) is 38.3. The van der Waals surface area contributed by atoms with E-state index in [0.29, 0.717) is 13.0 Å². The van der Waals surface area contributed by atoms with Crippen LogP contribution >= 0.6 is 0 Å². The van der Waals surface area contributed by atoms with Crippen molar-refractivity contribution in [2.75, 3.05) is 33.0 Å². The van der Waals surface area contributed by atoms with Crippen molar-refractivity contribution in [1.82, 2.24) is 0 Å². The Kier molecular flexibility index (Phi) is 47.5. The number of ether oxygens (including phenoxy) is 6. The van der Waals surface area contributed by atoms with Crippen LogP contribution in [0.15, 0.2) is 109 Å². The summed E-state index contributed by atoms with van der Waals surface area (Å²) in [5, 5.41) is 72.5. The van der Waals surface area contributed by atoms with E-state index in [9.17, 15) is 40.5 Å². The molecule has 464 valence electrons. The van der Waals surface area contributed by atoms with E-state index in [-0.39, 0.29) is 25.6 Å². The quantitative estimate of drug-likeness (QED) is 0.0172. The molecule has 0 bridgehead atoms. The highest BCUT2D eigenvalue weighted by molar-refractivity contribution is 5.69. The molecule has 0 saturated carbocycles. The first-order valence-corrected chi connectivity index (χ1v) is 31.5. The van der Waals surface area contributed by atoms with Crippen molar-refractivity contribution in [2.45, 2.75) is 274 Å². The zero-order chi connectivity index (χ0) is 58.6. The predicted molar refractivity (Wildman–Crippen MR) is 325 cm³/mol. The SMILES string of the molecule is CC/C=C\C/C=C\C/C=C\C/C=C\C/C=C\CCCCCCCCCCOCC(COC1OC(COC2OC(CO)C(O)C(O)C2O)C(O)C(O)C1O)OC(=O)CCCCCCCCCCCC/C=C\C/C=C\C/C=C\C/C=C\CC. The summed E-state index contributed by atoms with van der Waals surface area (Å²) < 4.78 is 34.5. The maximum absolute atomic E-state index is 13.1. The molecule has 2 fully saturated rings. The van der Waals surface area contributed by atoms with Gasteiger partial charge in [0.2, 0.25) is 0 Å². The first-order chi connectivity index (χ1) is 39.6. The number of rotatable bonds is 50. The average molecular weight is 1140 g/mol. The normalized spacial score (nSPS) is 24.5. The van der Waals surface area contributed by atoms with Crippen LogP contribution in [0.5, 0.6) is 0 Å². The van der Waals surface area contributed by atoms with Crippen LogP contribution < -0.4 is 0 Å². The molecule has 0 radical (unpaired) electrons. The molecular formula is C67H112O14. The van der Waals surface area contributed by atoms with E-state index in [1.807, 2.05) is 0 Å².